The Balaban J connectivity index is 2.29. The Morgan fingerprint density at radius 2 is 1.85 bits per heavy atom. The van der Waals surface area contributed by atoms with Gasteiger partial charge in [0.1, 0.15) is 5.75 Å². The van der Waals surface area contributed by atoms with Crippen LogP contribution in [0.1, 0.15) is 31.2 Å². The number of alkyl halides is 2. The second-order valence-corrected chi connectivity index (χ2v) is 6.71. The van der Waals surface area contributed by atoms with E-state index in [1.165, 1.54) is 25.7 Å². The molecule has 0 unspecified atom stereocenters. The first-order chi connectivity index (χ1) is 9.65. The van der Waals surface area contributed by atoms with E-state index in [1.807, 2.05) is 18.2 Å². The smallest absolute Gasteiger partial charge is 0.122 e. The lowest BCUT2D eigenvalue weighted by Gasteiger charge is -2.36. The normalized spacial score (nSPS) is 16.6. The van der Waals surface area contributed by atoms with Gasteiger partial charge >= 0.3 is 0 Å². The van der Waals surface area contributed by atoms with Crippen molar-refractivity contribution in [3.8, 4) is 5.75 Å². The van der Waals surface area contributed by atoms with Crippen LogP contribution in [0.3, 0.4) is 0 Å². The zero-order valence-electron chi connectivity index (χ0n) is 11.8. The summed E-state index contributed by atoms with van der Waals surface area (Å²) in [6, 6.07) is 5.74. The predicted octanol–water partition coefficient (Wildman–Crippen LogP) is 5.55. The summed E-state index contributed by atoms with van der Waals surface area (Å²) in [5.41, 5.74) is 1.05. The zero-order chi connectivity index (χ0) is 14.6. The number of hydrogen-bond donors (Lipinski definition) is 0. The molecule has 0 atom stereocenters. The van der Waals surface area contributed by atoms with Crippen molar-refractivity contribution in [3.63, 3.8) is 0 Å². The summed E-state index contributed by atoms with van der Waals surface area (Å²) in [5.74, 6) is 2.63. The van der Waals surface area contributed by atoms with Gasteiger partial charge in [0, 0.05) is 22.2 Å². The highest BCUT2D eigenvalue weighted by molar-refractivity contribution is 6.30. The van der Waals surface area contributed by atoms with Crippen LogP contribution in [-0.2, 0) is 6.42 Å². The number of rotatable bonds is 6. The minimum atomic E-state index is -0.0580. The van der Waals surface area contributed by atoms with Gasteiger partial charge in [0.2, 0.25) is 0 Å². The Kier molecular flexibility index (Phi) is 5.89. The van der Waals surface area contributed by atoms with Crippen LogP contribution in [0.4, 0.5) is 0 Å². The largest absolute Gasteiger partial charge is 0.496 e. The number of halogens is 3. The molecule has 1 saturated carbocycles. The second-order valence-electron chi connectivity index (χ2n) is 5.74. The molecule has 0 spiro atoms. The fourth-order valence-corrected chi connectivity index (χ4v) is 4.40. The Morgan fingerprint density at radius 3 is 2.40 bits per heavy atom. The molecule has 4 heteroatoms. The first-order valence-corrected chi connectivity index (χ1v) is 8.54. The van der Waals surface area contributed by atoms with Gasteiger partial charge in [-0.25, -0.2) is 0 Å². The number of hydrogen-bond acceptors (Lipinski definition) is 1. The summed E-state index contributed by atoms with van der Waals surface area (Å²) >= 11 is 18.8. The van der Waals surface area contributed by atoms with Crippen molar-refractivity contribution in [1.29, 1.82) is 0 Å². The average Bonchev–Trinajstić information content (AvgIpc) is 3.00. The third-order valence-corrected chi connectivity index (χ3v) is 5.84. The van der Waals surface area contributed by atoms with Crippen molar-refractivity contribution < 1.29 is 4.74 Å². The first-order valence-electron chi connectivity index (χ1n) is 7.09. The Labute approximate surface area is 136 Å². The van der Waals surface area contributed by atoms with Crippen molar-refractivity contribution in [3.05, 3.63) is 28.8 Å². The molecule has 112 valence electrons. The van der Waals surface area contributed by atoms with Crippen LogP contribution < -0.4 is 4.74 Å². The third-order valence-electron chi connectivity index (χ3n) is 4.54. The molecule has 0 bridgehead atoms. The van der Waals surface area contributed by atoms with E-state index in [0.29, 0.717) is 17.7 Å². The van der Waals surface area contributed by atoms with Crippen molar-refractivity contribution in [1.82, 2.24) is 0 Å². The summed E-state index contributed by atoms with van der Waals surface area (Å²) in [6.07, 6.45) is 5.85. The van der Waals surface area contributed by atoms with E-state index in [1.54, 1.807) is 7.11 Å². The highest BCUT2D eigenvalue weighted by Gasteiger charge is 2.39. The molecular weight excluding hydrogens is 315 g/mol. The highest BCUT2D eigenvalue weighted by atomic mass is 35.5. The molecule has 1 fully saturated rings. The predicted molar refractivity (Wildman–Crippen MR) is 87.5 cm³/mol. The van der Waals surface area contributed by atoms with Gasteiger partial charge in [-0.2, -0.15) is 0 Å². The van der Waals surface area contributed by atoms with E-state index in [2.05, 4.69) is 0 Å². The topological polar surface area (TPSA) is 9.23 Å². The van der Waals surface area contributed by atoms with Gasteiger partial charge in [0.25, 0.3) is 0 Å². The summed E-state index contributed by atoms with van der Waals surface area (Å²) in [7, 11) is 1.69. The summed E-state index contributed by atoms with van der Waals surface area (Å²) < 4.78 is 5.45. The maximum absolute atomic E-state index is 6.33. The molecule has 0 amide bonds. The summed E-state index contributed by atoms with van der Waals surface area (Å²) in [4.78, 5) is 0. The van der Waals surface area contributed by atoms with Gasteiger partial charge in [-0.15, -0.1) is 23.2 Å². The molecule has 0 N–H and O–H groups in total. The standard InChI is InChI=1S/C16H21Cl3O/c1-20-15-7-6-14(19)8-12(15)9-16(10-17,11-18)13-4-2-3-5-13/h6-8,13H,2-5,9-11H2,1H3. The Bertz CT molecular complexity index is 437. The van der Waals surface area contributed by atoms with E-state index < -0.39 is 0 Å². The Hall–Kier alpha value is -0.110. The van der Waals surface area contributed by atoms with Gasteiger partial charge < -0.3 is 4.74 Å². The maximum atomic E-state index is 6.33. The Morgan fingerprint density at radius 1 is 1.20 bits per heavy atom. The molecule has 0 heterocycles. The second kappa shape index (κ2) is 7.24. The van der Waals surface area contributed by atoms with Gasteiger partial charge in [0.05, 0.1) is 7.11 Å². The molecule has 1 aliphatic rings. The van der Waals surface area contributed by atoms with Crippen LogP contribution in [0.25, 0.3) is 0 Å². The molecular formula is C16H21Cl3O. The van der Waals surface area contributed by atoms with Crippen LogP contribution in [0.5, 0.6) is 5.75 Å². The van der Waals surface area contributed by atoms with Crippen LogP contribution in [-0.4, -0.2) is 18.9 Å². The molecule has 0 radical (unpaired) electrons. The van der Waals surface area contributed by atoms with E-state index in [0.717, 1.165) is 22.8 Å². The fraction of sp³-hybridized carbons (Fsp3) is 0.625. The quantitative estimate of drug-likeness (QED) is 0.620. The average molecular weight is 336 g/mol. The lowest BCUT2D eigenvalue weighted by molar-refractivity contribution is 0.222. The highest BCUT2D eigenvalue weighted by Crippen LogP contribution is 2.45. The fourth-order valence-electron chi connectivity index (χ4n) is 3.30. The van der Waals surface area contributed by atoms with Gasteiger partial charge in [-0.05, 0) is 48.9 Å². The van der Waals surface area contributed by atoms with Crippen molar-refractivity contribution in [2.75, 3.05) is 18.9 Å². The summed E-state index contributed by atoms with van der Waals surface area (Å²) in [6.45, 7) is 0. The van der Waals surface area contributed by atoms with Gasteiger partial charge in [0.15, 0.2) is 0 Å². The van der Waals surface area contributed by atoms with E-state index in [-0.39, 0.29) is 5.41 Å². The van der Waals surface area contributed by atoms with Crippen LogP contribution in [0.2, 0.25) is 5.02 Å². The third kappa shape index (κ3) is 3.37. The van der Waals surface area contributed by atoms with Gasteiger partial charge in [-0.3, -0.25) is 0 Å². The first kappa shape index (κ1) is 16.3. The van der Waals surface area contributed by atoms with Crippen LogP contribution in [0.15, 0.2) is 18.2 Å². The zero-order valence-corrected chi connectivity index (χ0v) is 14.1. The number of ether oxygens (including phenoxy) is 1. The lowest BCUT2D eigenvalue weighted by atomic mass is 9.73. The van der Waals surface area contributed by atoms with Crippen molar-refractivity contribution >= 4 is 34.8 Å². The summed E-state index contributed by atoms with van der Waals surface area (Å²) in [5, 5.41) is 0.727. The van der Waals surface area contributed by atoms with E-state index >= 15 is 0 Å². The lowest BCUT2D eigenvalue weighted by Crippen LogP contribution is -2.35. The molecule has 1 aromatic rings. The van der Waals surface area contributed by atoms with E-state index in [9.17, 15) is 0 Å². The molecule has 0 aliphatic heterocycles. The molecule has 1 nitrogen and oxygen atoms in total. The minimum absolute atomic E-state index is 0.0580. The monoisotopic (exact) mass is 334 g/mol. The molecule has 2 rings (SSSR count). The molecule has 1 aromatic carbocycles. The molecule has 1 aliphatic carbocycles. The number of methoxy groups -OCH3 is 1. The maximum Gasteiger partial charge on any atom is 0.122 e. The van der Waals surface area contributed by atoms with Gasteiger partial charge in [-0.1, -0.05) is 24.4 Å². The molecule has 0 saturated heterocycles. The molecule has 20 heavy (non-hydrogen) atoms. The van der Waals surface area contributed by atoms with Crippen LogP contribution >= 0.6 is 34.8 Å². The van der Waals surface area contributed by atoms with E-state index in [4.69, 9.17) is 39.5 Å². The van der Waals surface area contributed by atoms with Crippen LogP contribution in [0, 0.1) is 11.3 Å². The SMILES string of the molecule is COc1ccc(Cl)cc1CC(CCl)(CCl)C1CCCC1. The van der Waals surface area contributed by atoms with Crippen molar-refractivity contribution in [2.24, 2.45) is 11.3 Å². The number of benzene rings is 1. The minimum Gasteiger partial charge on any atom is -0.496 e. The molecule has 0 aromatic heterocycles. The van der Waals surface area contributed by atoms with Crippen molar-refractivity contribution in [2.45, 2.75) is 32.1 Å².